The molecule has 4 rings (SSSR count). The van der Waals surface area contributed by atoms with Crippen molar-refractivity contribution in [3.8, 4) is 0 Å². The van der Waals surface area contributed by atoms with Gasteiger partial charge in [-0.2, -0.15) is 0 Å². The Morgan fingerprint density at radius 3 is 2.34 bits per heavy atom. The third kappa shape index (κ3) is 4.34. The zero-order valence-corrected chi connectivity index (χ0v) is 17.8. The Hall–Kier alpha value is -1.89. The molecule has 1 aromatic rings. The van der Waals surface area contributed by atoms with Crippen molar-refractivity contribution in [1.29, 1.82) is 0 Å². The number of piperidine rings is 1. The summed E-state index contributed by atoms with van der Waals surface area (Å²) in [6.45, 7) is 3.48. The lowest BCUT2D eigenvalue weighted by Crippen LogP contribution is -2.48. The van der Waals surface area contributed by atoms with Gasteiger partial charge in [-0.25, -0.2) is 4.79 Å². The summed E-state index contributed by atoms with van der Waals surface area (Å²) in [7, 11) is 3.25. The average Bonchev–Trinajstić information content (AvgIpc) is 3.57. The molecule has 1 atom stereocenters. The fourth-order valence-corrected chi connectivity index (χ4v) is 5.12. The van der Waals surface area contributed by atoms with Gasteiger partial charge >= 0.3 is 5.69 Å². The van der Waals surface area contributed by atoms with Crippen molar-refractivity contribution >= 4 is 5.91 Å². The third-order valence-corrected chi connectivity index (χ3v) is 7.20. The number of hydrogen-bond donors (Lipinski definition) is 0. The number of carbonyl (C=O) groups is 1. The van der Waals surface area contributed by atoms with Gasteiger partial charge in [-0.3, -0.25) is 23.6 Å². The molecule has 2 aliphatic heterocycles. The molecule has 3 fully saturated rings. The first kappa shape index (κ1) is 20.4. The summed E-state index contributed by atoms with van der Waals surface area (Å²) in [6.07, 6.45) is 9.08. The number of nitrogens with zero attached hydrogens (tertiary/aromatic N) is 4. The maximum absolute atomic E-state index is 12.9. The Labute approximate surface area is 172 Å². The van der Waals surface area contributed by atoms with E-state index in [-0.39, 0.29) is 11.2 Å². The number of amides is 1. The van der Waals surface area contributed by atoms with E-state index in [4.69, 9.17) is 0 Å². The summed E-state index contributed by atoms with van der Waals surface area (Å²) in [4.78, 5) is 41.6. The van der Waals surface area contributed by atoms with Gasteiger partial charge in [0.15, 0.2) is 0 Å². The van der Waals surface area contributed by atoms with Crippen LogP contribution in [0.3, 0.4) is 0 Å². The second-order valence-corrected chi connectivity index (χ2v) is 9.21. The zero-order chi connectivity index (χ0) is 20.5. The van der Waals surface area contributed by atoms with Crippen LogP contribution >= 0.6 is 0 Å². The highest BCUT2D eigenvalue weighted by Crippen LogP contribution is 2.36. The predicted octanol–water partition coefficient (Wildman–Crippen LogP) is 1.48. The molecule has 1 aliphatic carbocycles. The van der Waals surface area contributed by atoms with Crippen molar-refractivity contribution in [2.75, 3.05) is 19.6 Å². The van der Waals surface area contributed by atoms with E-state index in [1.165, 1.54) is 19.9 Å². The minimum atomic E-state index is -0.268. The third-order valence-electron chi connectivity index (χ3n) is 7.20. The molecular formula is C22H34N4O3. The number of aromatic nitrogens is 2. The van der Waals surface area contributed by atoms with Gasteiger partial charge in [0.2, 0.25) is 5.91 Å². The highest BCUT2D eigenvalue weighted by Gasteiger charge is 2.39. The molecule has 2 saturated heterocycles. The topological polar surface area (TPSA) is 67.5 Å². The van der Waals surface area contributed by atoms with E-state index in [0.29, 0.717) is 30.3 Å². The lowest BCUT2D eigenvalue weighted by Gasteiger charge is -2.41. The number of rotatable bonds is 4. The lowest BCUT2D eigenvalue weighted by molar-refractivity contribution is -0.136. The van der Waals surface area contributed by atoms with E-state index in [1.807, 2.05) is 0 Å². The van der Waals surface area contributed by atoms with Crippen LogP contribution in [0.4, 0.5) is 0 Å². The summed E-state index contributed by atoms with van der Waals surface area (Å²) in [5.74, 6) is 1.28. The molecule has 1 aromatic heterocycles. The summed E-state index contributed by atoms with van der Waals surface area (Å²) in [5, 5.41) is 0. The SMILES string of the molecule is Cn1c(CN2CCC(C3CCCCCN3C(=O)C3CC3)CC2)cc(=O)n(C)c1=O. The molecule has 0 spiro atoms. The highest BCUT2D eigenvalue weighted by atomic mass is 16.2. The van der Waals surface area contributed by atoms with Crippen LogP contribution in [-0.2, 0) is 25.4 Å². The van der Waals surface area contributed by atoms with Crippen LogP contribution in [0.2, 0.25) is 0 Å². The van der Waals surface area contributed by atoms with Crippen molar-refractivity contribution in [2.45, 2.75) is 64.0 Å². The smallest absolute Gasteiger partial charge is 0.330 e. The van der Waals surface area contributed by atoms with E-state index in [2.05, 4.69) is 9.80 Å². The summed E-state index contributed by atoms with van der Waals surface area (Å²) in [6, 6.07) is 1.98. The second kappa shape index (κ2) is 8.46. The largest absolute Gasteiger partial charge is 0.339 e. The summed E-state index contributed by atoms with van der Waals surface area (Å²) < 4.78 is 2.72. The summed E-state index contributed by atoms with van der Waals surface area (Å²) in [5.41, 5.74) is 0.261. The van der Waals surface area contributed by atoms with Gasteiger partial charge in [-0.1, -0.05) is 12.8 Å². The quantitative estimate of drug-likeness (QED) is 0.765. The molecule has 1 amide bonds. The average molecular weight is 403 g/mol. The van der Waals surface area contributed by atoms with Gasteiger partial charge in [0.05, 0.1) is 0 Å². The van der Waals surface area contributed by atoms with Gasteiger partial charge in [0.25, 0.3) is 5.56 Å². The Kier molecular flexibility index (Phi) is 5.95. The van der Waals surface area contributed by atoms with Crippen molar-refractivity contribution in [2.24, 2.45) is 25.9 Å². The normalized spacial score (nSPS) is 24.5. The van der Waals surface area contributed by atoms with Crippen molar-refractivity contribution in [3.05, 3.63) is 32.6 Å². The Morgan fingerprint density at radius 2 is 1.66 bits per heavy atom. The maximum Gasteiger partial charge on any atom is 0.330 e. The second-order valence-electron chi connectivity index (χ2n) is 9.21. The van der Waals surface area contributed by atoms with Gasteiger partial charge < -0.3 is 4.90 Å². The standard InChI is InChI=1S/C22H34N4O3/c1-23-18(14-20(27)24(2)22(23)29)15-25-12-9-16(10-13-25)19-6-4-3-5-11-26(19)21(28)17-7-8-17/h14,16-17,19H,3-13,15H2,1-2H3. The molecule has 0 radical (unpaired) electrons. The molecule has 3 aliphatic rings. The molecule has 1 saturated carbocycles. The molecule has 0 N–H and O–H groups in total. The first-order chi connectivity index (χ1) is 14.0. The molecule has 1 unspecified atom stereocenters. The van der Waals surface area contributed by atoms with E-state index in [9.17, 15) is 14.4 Å². The Bertz CT molecular complexity index is 862. The van der Waals surface area contributed by atoms with E-state index < -0.39 is 0 Å². The van der Waals surface area contributed by atoms with Crippen LogP contribution in [0.5, 0.6) is 0 Å². The summed E-state index contributed by atoms with van der Waals surface area (Å²) >= 11 is 0. The van der Waals surface area contributed by atoms with Gasteiger partial charge in [0, 0.05) is 50.9 Å². The molecule has 160 valence electrons. The van der Waals surface area contributed by atoms with Crippen LogP contribution < -0.4 is 11.2 Å². The number of likely N-dealkylation sites (tertiary alicyclic amines) is 2. The Balaban J connectivity index is 1.40. The maximum atomic E-state index is 12.9. The van der Waals surface area contributed by atoms with Gasteiger partial charge in [-0.15, -0.1) is 0 Å². The number of hydrogen-bond acceptors (Lipinski definition) is 4. The first-order valence-corrected chi connectivity index (χ1v) is 11.2. The fraction of sp³-hybridized carbons (Fsp3) is 0.773. The Morgan fingerprint density at radius 1 is 0.931 bits per heavy atom. The van der Waals surface area contributed by atoms with E-state index >= 15 is 0 Å². The van der Waals surface area contributed by atoms with E-state index in [1.54, 1.807) is 17.7 Å². The molecule has 7 heteroatoms. The van der Waals surface area contributed by atoms with Gasteiger partial charge in [0.1, 0.15) is 0 Å². The predicted molar refractivity (Wildman–Crippen MR) is 112 cm³/mol. The van der Waals surface area contributed by atoms with Crippen LogP contribution in [0.25, 0.3) is 0 Å². The van der Waals surface area contributed by atoms with E-state index in [0.717, 1.165) is 68.4 Å². The van der Waals surface area contributed by atoms with Crippen molar-refractivity contribution in [3.63, 3.8) is 0 Å². The molecule has 7 nitrogen and oxygen atoms in total. The molecular weight excluding hydrogens is 368 g/mol. The monoisotopic (exact) mass is 402 g/mol. The molecule has 29 heavy (non-hydrogen) atoms. The fourth-order valence-electron chi connectivity index (χ4n) is 5.12. The van der Waals surface area contributed by atoms with Crippen LogP contribution in [-0.4, -0.2) is 50.5 Å². The zero-order valence-electron chi connectivity index (χ0n) is 17.8. The minimum Gasteiger partial charge on any atom is -0.339 e. The minimum absolute atomic E-state index is 0.245. The molecule has 3 heterocycles. The number of carbonyl (C=O) groups excluding carboxylic acids is 1. The van der Waals surface area contributed by atoms with Crippen LogP contribution in [0.15, 0.2) is 15.7 Å². The molecule has 0 aromatic carbocycles. The van der Waals surface area contributed by atoms with Crippen molar-refractivity contribution in [1.82, 2.24) is 18.9 Å². The van der Waals surface area contributed by atoms with Crippen LogP contribution in [0.1, 0.15) is 57.1 Å². The lowest BCUT2D eigenvalue weighted by atomic mass is 9.86. The van der Waals surface area contributed by atoms with Crippen molar-refractivity contribution < 1.29 is 4.79 Å². The van der Waals surface area contributed by atoms with Crippen LogP contribution in [0, 0.1) is 11.8 Å². The van der Waals surface area contributed by atoms with Gasteiger partial charge in [-0.05, 0) is 57.5 Å². The highest BCUT2D eigenvalue weighted by molar-refractivity contribution is 5.81. The molecule has 0 bridgehead atoms. The first-order valence-electron chi connectivity index (χ1n) is 11.2.